The summed E-state index contributed by atoms with van der Waals surface area (Å²) in [7, 11) is 0. The molecule has 0 aliphatic heterocycles. The minimum Gasteiger partial charge on any atom is -0.508 e. The van der Waals surface area contributed by atoms with Crippen LogP contribution in [-0.2, 0) is 0 Å². The number of carbonyl (C=O) groups excluding carboxylic acids is 1. The van der Waals surface area contributed by atoms with Gasteiger partial charge in [0.1, 0.15) is 17.6 Å². The number of phenolic OH excluding ortho intramolecular Hbond substituents is 1. The second kappa shape index (κ2) is 5.19. The lowest BCUT2D eigenvalue weighted by molar-refractivity contribution is 0.102. The predicted molar refractivity (Wildman–Crippen MR) is 69.7 cm³/mol. The number of phenols is 1. The number of aromatic hydroxyl groups is 1. The van der Waals surface area contributed by atoms with Crippen LogP contribution in [0.2, 0.25) is 0 Å². The van der Waals surface area contributed by atoms with Crippen molar-refractivity contribution in [1.29, 1.82) is 5.26 Å². The van der Waals surface area contributed by atoms with Crippen molar-refractivity contribution in [3.05, 3.63) is 53.2 Å². The van der Waals surface area contributed by atoms with E-state index in [9.17, 15) is 9.90 Å². The van der Waals surface area contributed by atoms with Gasteiger partial charge in [0.05, 0.1) is 5.56 Å². The molecule has 5 nitrogen and oxygen atoms in total. The predicted octanol–water partition coefficient (Wildman–Crippen LogP) is 2.22. The van der Waals surface area contributed by atoms with Crippen molar-refractivity contribution in [2.45, 2.75) is 6.92 Å². The third-order valence-electron chi connectivity index (χ3n) is 2.61. The molecule has 0 bridgehead atoms. The summed E-state index contributed by atoms with van der Waals surface area (Å²) in [5.74, 6) is 0.0528. The monoisotopic (exact) mass is 253 g/mol. The lowest BCUT2D eigenvalue weighted by atomic mass is 10.1. The van der Waals surface area contributed by atoms with E-state index in [0.717, 1.165) is 0 Å². The van der Waals surface area contributed by atoms with Gasteiger partial charge in [-0.15, -0.1) is 0 Å². The standard InChI is InChI=1S/C14H11N3O2/c1-9-2-4-11(6-12(9)18)14(19)17-13-5-3-10(7-15)8-16-13/h2-6,8,18H,1H3,(H,16,17,19). The molecular weight excluding hydrogens is 242 g/mol. The molecule has 5 heteroatoms. The largest absolute Gasteiger partial charge is 0.508 e. The summed E-state index contributed by atoms with van der Waals surface area (Å²) in [6.45, 7) is 1.75. The fourth-order valence-electron chi connectivity index (χ4n) is 1.47. The zero-order chi connectivity index (χ0) is 13.8. The molecule has 2 N–H and O–H groups in total. The van der Waals surface area contributed by atoms with E-state index in [1.807, 2.05) is 6.07 Å². The van der Waals surface area contributed by atoms with Crippen molar-refractivity contribution < 1.29 is 9.90 Å². The minimum atomic E-state index is -0.368. The summed E-state index contributed by atoms with van der Waals surface area (Å²) in [4.78, 5) is 15.8. The molecule has 94 valence electrons. The smallest absolute Gasteiger partial charge is 0.256 e. The molecule has 0 spiro atoms. The van der Waals surface area contributed by atoms with Crippen LogP contribution >= 0.6 is 0 Å². The van der Waals surface area contributed by atoms with Gasteiger partial charge in [-0.25, -0.2) is 4.98 Å². The second-order valence-electron chi connectivity index (χ2n) is 4.00. The van der Waals surface area contributed by atoms with Crippen molar-refractivity contribution in [3.8, 4) is 11.8 Å². The fraction of sp³-hybridized carbons (Fsp3) is 0.0714. The summed E-state index contributed by atoms with van der Waals surface area (Å²) in [6, 6.07) is 9.73. The zero-order valence-electron chi connectivity index (χ0n) is 10.2. The summed E-state index contributed by atoms with van der Waals surface area (Å²) in [5, 5.41) is 20.8. The Balaban J connectivity index is 2.16. The number of hydrogen-bond acceptors (Lipinski definition) is 4. The first-order chi connectivity index (χ1) is 9.10. The molecule has 0 saturated heterocycles. The third-order valence-corrected chi connectivity index (χ3v) is 2.61. The van der Waals surface area contributed by atoms with Gasteiger partial charge < -0.3 is 10.4 Å². The van der Waals surface area contributed by atoms with Gasteiger partial charge in [0, 0.05) is 11.8 Å². The van der Waals surface area contributed by atoms with Crippen LogP contribution in [0.3, 0.4) is 0 Å². The Morgan fingerprint density at radius 1 is 1.37 bits per heavy atom. The molecule has 2 aromatic rings. The molecule has 0 atom stereocenters. The molecule has 1 aromatic carbocycles. The average Bonchev–Trinajstić information content (AvgIpc) is 2.42. The molecule has 0 saturated carbocycles. The number of aryl methyl sites for hydroxylation is 1. The molecule has 0 aliphatic carbocycles. The van der Waals surface area contributed by atoms with Crippen LogP contribution in [0.15, 0.2) is 36.5 Å². The Morgan fingerprint density at radius 3 is 2.74 bits per heavy atom. The van der Waals surface area contributed by atoms with E-state index in [1.165, 1.54) is 12.3 Å². The van der Waals surface area contributed by atoms with E-state index in [2.05, 4.69) is 10.3 Å². The van der Waals surface area contributed by atoms with E-state index in [4.69, 9.17) is 5.26 Å². The molecule has 0 unspecified atom stereocenters. The summed E-state index contributed by atoms with van der Waals surface area (Å²) in [5.41, 5.74) is 1.47. The first-order valence-corrected chi connectivity index (χ1v) is 5.57. The van der Waals surface area contributed by atoms with Crippen molar-refractivity contribution in [2.75, 3.05) is 5.32 Å². The Hall–Kier alpha value is -2.87. The summed E-state index contributed by atoms with van der Waals surface area (Å²) < 4.78 is 0. The van der Waals surface area contributed by atoms with Crippen LogP contribution in [0.1, 0.15) is 21.5 Å². The number of anilines is 1. The maximum atomic E-state index is 11.9. The Labute approximate surface area is 110 Å². The zero-order valence-corrected chi connectivity index (χ0v) is 10.2. The first-order valence-electron chi connectivity index (χ1n) is 5.57. The Morgan fingerprint density at radius 2 is 2.16 bits per heavy atom. The van der Waals surface area contributed by atoms with Gasteiger partial charge in [0.2, 0.25) is 0 Å². The number of rotatable bonds is 2. The van der Waals surface area contributed by atoms with Crippen molar-refractivity contribution in [2.24, 2.45) is 0 Å². The third kappa shape index (κ3) is 2.87. The number of benzene rings is 1. The van der Waals surface area contributed by atoms with Gasteiger partial charge in [-0.1, -0.05) is 6.07 Å². The van der Waals surface area contributed by atoms with Crippen LogP contribution in [0.5, 0.6) is 5.75 Å². The van der Waals surface area contributed by atoms with Gasteiger partial charge in [-0.3, -0.25) is 4.79 Å². The topological polar surface area (TPSA) is 86.0 Å². The molecule has 0 fully saturated rings. The van der Waals surface area contributed by atoms with Crippen molar-refractivity contribution in [3.63, 3.8) is 0 Å². The van der Waals surface area contributed by atoms with E-state index in [-0.39, 0.29) is 11.7 Å². The lowest BCUT2D eigenvalue weighted by Gasteiger charge is -2.05. The minimum absolute atomic E-state index is 0.0698. The highest BCUT2D eigenvalue weighted by Gasteiger charge is 2.08. The molecule has 0 aliphatic rings. The number of aromatic nitrogens is 1. The van der Waals surface area contributed by atoms with Crippen molar-refractivity contribution >= 4 is 11.7 Å². The Kier molecular flexibility index (Phi) is 3.44. The van der Waals surface area contributed by atoms with Gasteiger partial charge in [0.15, 0.2) is 0 Å². The summed E-state index contributed by atoms with van der Waals surface area (Å²) in [6.07, 6.45) is 1.38. The van der Waals surface area contributed by atoms with E-state index in [0.29, 0.717) is 22.5 Å². The van der Waals surface area contributed by atoms with E-state index < -0.39 is 0 Å². The molecule has 19 heavy (non-hydrogen) atoms. The highest BCUT2D eigenvalue weighted by atomic mass is 16.3. The number of nitriles is 1. The molecular formula is C14H11N3O2. The van der Waals surface area contributed by atoms with Gasteiger partial charge >= 0.3 is 0 Å². The molecule has 1 amide bonds. The van der Waals surface area contributed by atoms with Crippen molar-refractivity contribution in [1.82, 2.24) is 4.98 Å². The number of hydrogen-bond donors (Lipinski definition) is 2. The normalized spacial score (nSPS) is 9.68. The molecule has 1 aromatic heterocycles. The number of nitrogens with one attached hydrogen (secondary N) is 1. The maximum Gasteiger partial charge on any atom is 0.256 e. The first kappa shape index (κ1) is 12.6. The van der Waals surface area contributed by atoms with Crippen LogP contribution in [0.25, 0.3) is 0 Å². The highest BCUT2D eigenvalue weighted by Crippen LogP contribution is 2.18. The van der Waals surface area contributed by atoms with Crippen LogP contribution in [-0.4, -0.2) is 16.0 Å². The van der Waals surface area contributed by atoms with Gasteiger partial charge in [-0.2, -0.15) is 5.26 Å². The van der Waals surface area contributed by atoms with E-state index in [1.54, 1.807) is 31.2 Å². The van der Waals surface area contributed by atoms with Crippen LogP contribution in [0.4, 0.5) is 5.82 Å². The van der Waals surface area contributed by atoms with Gasteiger partial charge in [0.25, 0.3) is 5.91 Å². The number of amides is 1. The quantitative estimate of drug-likeness (QED) is 0.859. The Bertz CT molecular complexity index is 657. The average molecular weight is 253 g/mol. The second-order valence-corrected chi connectivity index (χ2v) is 4.00. The lowest BCUT2D eigenvalue weighted by Crippen LogP contribution is -2.12. The molecule has 1 heterocycles. The highest BCUT2D eigenvalue weighted by molar-refractivity contribution is 6.04. The number of pyridine rings is 1. The van der Waals surface area contributed by atoms with Crippen LogP contribution < -0.4 is 5.32 Å². The summed E-state index contributed by atoms with van der Waals surface area (Å²) >= 11 is 0. The fourth-order valence-corrected chi connectivity index (χ4v) is 1.47. The van der Waals surface area contributed by atoms with Crippen LogP contribution in [0, 0.1) is 18.3 Å². The molecule has 2 rings (SSSR count). The number of carbonyl (C=O) groups is 1. The number of nitrogens with zero attached hydrogens (tertiary/aromatic N) is 2. The SMILES string of the molecule is Cc1ccc(C(=O)Nc2ccc(C#N)cn2)cc1O. The molecule has 0 radical (unpaired) electrons. The van der Waals surface area contributed by atoms with Gasteiger partial charge in [-0.05, 0) is 36.8 Å². The maximum absolute atomic E-state index is 11.9. The van der Waals surface area contributed by atoms with E-state index >= 15 is 0 Å².